The van der Waals surface area contributed by atoms with Gasteiger partial charge in [0, 0.05) is 5.69 Å². The molecule has 0 atom stereocenters. The number of benzene rings is 2. The van der Waals surface area contributed by atoms with Gasteiger partial charge in [-0.3, -0.25) is 19.5 Å². The Morgan fingerprint density at radius 2 is 1.88 bits per heavy atom. The summed E-state index contributed by atoms with van der Waals surface area (Å²) in [4.78, 5) is 36.4. The van der Waals surface area contributed by atoms with Crippen molar-refractivity contribution in [1.29, 1.82) is 5.26 Å². The van der Waals surface area contributed by atoms with Gasteiger partial charge in [-0.2, -0.15) is 5.26 Å². The molecule has 1 amide bonds. The van der Waals surface area contributed by atoms with Crippen LogP contribution in [0.25, 0.3) is 10.8 Å². The molecule has 0 bridgehead atoms. The fourth-order valence-electron chi connectivity index (χ4n) is 2.37. The van der Waals surface area contributed by atoms with Crippen molar-refractivity contribution >= 4 is 22.4 Å². The van der Waals surface area contributed by atoms with Crippen LogP contribution in [0.4, 0.5) is 5.69 Å². The van der Waals surface area contributed by atoms with E-state index in [9.17, 15) is 14.4 Å². The van der Waals surface area contributed by atoms with E-state index in [0.717, 1.165) is 4.68 Å². The molecule has 0 aliphatic rings. The molecule has 0 spiro atoms. The molecule has 0 aliphatic carbocycles. The van der Waals surface area contributed by atoms with Crippen molar-refractivity contribution in [1.82, 2.24) is 9.78 Å². The van der Waals surface area contributed by atoms with Gasteiger partial charge in [-0.15, -0.1) is 0 Å². The van der Waals surface area contributed by atoms with Crippen LogP contribution in [-0.2, 0) is 11.3 Å². The zero-order chi connectivity index (χ0) is 17.1. The van der Waals surface area contributed by atoms with Crippen molar-refractivity contribution in [2.24, 2.45) is 0 Å². The van der Waals surface area contributed by atoms with Gasteiger partial charge >= 0.3 is 0 Å². The Hall–Kier alpha value is -3.66. The molecular formula is C17H12N4O3. The molecule has 0 saturated carbocycles. The van der Waals surface area contributed by atoms with E-state index in [1.807, 2.05) is 6.07 Å². The smallest absolute Gasteiger partial charge is 0.273 e. The van der Waals surface area contributed by atoms with Crippen LogP contribution in [0, 0.1) is 11.3 Å². The van der Waals surface area contributed by atoms with Gasteiger partial charge in [0.2, 0.25) is 5.91 Å². The fraction of sp³-hybridized carbons (Fsp3) is 0.0588. The van der Waals surface area contributed by atoms with Crippen molar-refractivity contribution in [2.75, 3.05) is 5.32 Å². The number of hydrogen-bond donors (Lipinski definition) is 2. The summed E-state index contributed by atoms with van der Waals surface area (Å²) in [5.41, 5.74) is -0.0464. The molecular weight excluding hydrogens is 308 g/mol. The number of nitrogens with one attached hydrogen (secondary N) is 2. The number of hydrogen-bond acceptors (Lipinski definition) is 4. The molecule has 0 radical (unpaired) electrons. The summed E-state index contributed by atoms with van der Waals surface area (Å²) < 4.78 is 0.966. The molecule has 2 N–H and O–H groups in total. The Morgan fingerprint density at radius 1 is 1.12 bits per heavy atom. The molecule has 1 aromatic heterocycles. The number of carbonyl (C=O) groups is 1. The van der Waals surface area contributed by atoms with Crippen LogP contribution in [0.15, 0.2) is 58.1 Å². The lowest BCUT2D eigenvalue weighted by atomic mass is 10.2. The number of aromatic nitrogens is 2. The first-order chi connectivity index (χ1) is 11.6. The molecule has 2 aromatic carbocycles. The standard InChI is InChI=1S/C17H12N4O3/c18-9-11-4-3-5-12(8-11)19-15(22)10-21-17(24)14-7-2-1-6-13(14)16(23)20-21/h1-8H,10H2,(H,19,22)(H,20,23). The van der Waals surface area contributed by atoms with Gasteiger partial charge in [-0.05, 0) is 30.3 Å². The predicted octanol–water partition coefficient (Wildman–Crippen LogP) is 1.20. The lowest BCUT2D eigenvalue weighted by Gasteiger charge is -2.08. The van der Waals surface area contributed by atoms with E-state index < -0.39 is 17.0 Å². The van der Waals surface area contributed by atoms with Crippen molar-refractivity contribution in [3.63, 3.8) is 0 Å². The largest absolute Gasteiger partial charge is 0.324 e. The Kier molecular flexibility index (Phi) is 3.95. The topological polar surface area (TPSA) is 108 Å². The third kappa shape index (κ3) is 2.94. The second-order valence-electron chi connectivity index (χ2n) is 5.12. The first kappa shape index (κ1) is 15.2. The van der Waals surface area contributed by atoms with Gasteiger partial charge in [0.25, 0.3) is 11.1 Å². The van der Waals surface area contributed by atoms with Gasteiger partial charge < -0.3 is 5.32 Å². The summed E-state index contributed by atoms with van der Waals surface area (Å²) in [7, 11) is 0. The minimum Gasteiger partial charge on any atom is -0.324 e. The first-order valence-electron chi connectivity index (χ1n) is 7.10. The zero-order valence-electron chi connectivity index (χ0n) is 12.4. The number of aromatic amines is 1. The zero-order valence-corrected chi connectivity index (χ0v) is 12.4. The lowest BCUT2D eigenvalue weighted by Crippen LogP contribution is -2.34. The Bertz CT molecular complexity index is 1090. The predicted molar refractivity (Wildman–Crippen MR) is 88.6 cm³/mol. The summed E-state index contributed by atoms with van der Waals surface area (Å²) in [5.74, 6) is -0.488. The van der Waals surface area contributed by atoms with Crippen LogP contribution in [0.5, 0.6) is 0 Å². The highest BCUT2D eigenvalue weighted by atomic mass is 16.2. The Balaban J connectivity index is 1.88. The normalized spacial score (nSPS) is 10.3. The number of carbonyl (C=O) groups excluding carboxylic acids is 1. The molecule has 3 rings (SSSR count). The number of amides is 1. The van der Waals surface area contributed by atoms with E-state index in [1.54, 1.807) is 36.4 Å². The van der Waals surface area contributed by atoms with E-state index >= 15 is 0 Å². The monoisotopic (exact) mass is 320 g/mol. The second-order valence-corrected chi connectivity index (χ2v) is 5.12. The van der Waals surface area contributed by atoms with Crippen LogP contribution in [0.3, 0.4) is 0 Å². The molecule has 7 heteroatoms. The Morgan fingerprint density at radius 3 is 2.62 bits per heavy atom. The molecule has 0 saturated heterocycles. The number of rotatable bonds is 3. The minimum atomic E-state index is -0.488. The van der Waals surface area contributed by atoms with Crippen molar-refractivity contribution in [3.05, 3.63) is 74.8 Å². The molecule has 0 unspecified atom stereocenters. The lowest BCUT2D eigenvalue weighted by molar-refractivity contribution is -0.117. The van der Waals surface area contributed by atoms with E-state index in [2.05, 4.69) is 10.4 Å². The minimum absolute atomic E-state index is 0.250. The van der Waals surface area contributed by atoms with E-state index in [4.69, 9.17) is 5.26 Å². The maximum atomic E-state index is 12.3. The molecule has 0 fully saturated rings. The second kappa shape index (κ2) is 6.22. The molecule has 3 aromatic rings. The number of anilines is 1. The molecule has 118 valence electrons. The first-order valence-corrected chi connectivity index (χ1v) is 7.10. The maximum absolute atomic E-state index is 12.3. The summed E-state index contributed by atoms with van der Waals surface area (Å²) in [6, 6.07) is 14.8. The molecule has 7 nitrogen and oxygen atoms in total. The quantitative estimate of drug-likeness (QED) is 0.756. The summed E-state index contributed by atoms with van der Waals surface area (Å²) in [6.07, 6.45) is 0. The highest BCUT2D eigenvalue weighted by molar-refractivity contribution is 5.91. The van der Waals surface area contributed by atoms with E-state index in [-0.39, 0.29) is 17.3 Å². The number of fused-ring (bicyclic) bond motifs is 1. The summed E-state index contributed by atoms with van der Waals surface area (Å²) in [6.45, 7) is -0.338. The maximum Gasteiger partial charge on any atom is 0.273 e. The van der Waals surface area contributed by atoms with E-state index in [1.165, 1.54) is 12.1 Å². The van der Waals surface area contributed by atoms with Crippen molar-refractivity contribution in [3.8, 4) is 6.07 Å². The summed E-state index contributed by atoms with van der Waals surface area (Å²) in [5, 5.41) is 14.4. The van der Waals surface area contributed by atoms with Gasteiger partial charge in [-0.25, -0.2) is 4.68 Å². The molecule has 1 heterocycles. The van der Waals surface area contributed by atoms with Crippen molar-refractivity contribution < 1.29 is 4.79 Å². The van der Waals surface area contributed by atoms with Crippen LogP contribution >= 0.6 is 0 Å². The van der Waals surface area contributed by atoms with Gasteiger partial charge in [0.05, 0.1) is 22.4 Å². The number of nitriles is 1. The van der Waals surface area contributed by atoms with Crippen LogP contribution < -0.4 is 16.4 Å². The SMILES string of the molecule is N#Cc1cccc(NC(=O)Cn2[nH]c(=O)c3ccccc3c2=O)c1. The summed E-state index contributed by atoms with van der Waals surface area (Å²) >= 11 is 0. The number of nitrogens with zero attached hydrogens (tertiary/aromatic N) is 2. The van der Waals surface area contributed by atoms with E-state index in [0.29, 0.717) is 11.3 Å². The average Bonchev–Trinajstić information content (AvgIpc) is 2.59. The number of H-pyrrole nitrogens is 1. The van der Waals surface area contributed by atoms with Crippen LogP contribution in [0.2, 0.25) is 0 Å². The van der Waals surface area contributed by atoms with Crippen LogP contribution in [0.1, 0.15) is 5.56 Å². The third-order valence-electron chi connectivity index (χ3n) is 3.46. The van der Waals surface area contributed by atoms with Gasteiger partial charge in [-0.1, -0.05) is 18.2 Å². The average molecular weight is 320 g/mol. The van der Waals surface area contributed by atoms with Gasteiger partial charge in [0.15, 0.2) is 0 Å². The van der Waals surface area contributed by atoms with Crippen molar-refractivity contribution in [2.45, 2.75) is 6.54 Å². The fourth-order valence-corrected chi connectivity index (χ4v) is 2.37. The van der Waals surface area contributed by atoms with Gasteiger partial charge in [0.1, 0.15) is 6.54 Å². The highest BCUT2D eigenvalue weighted by Crippen LogP contribution is 2.09. The van der Waals surface area contributed by atoms with Crippen LogP contribution in [-0.4, -0.2) is 15.7 Å². The molecule has 0 aliphatic heterocycles. The highest BCUT2D eigenvalue weighted by Gasteiger charge is 2.10. The molecule has 24 heavy (non-hydrogen) atoms. The third-order valence-corrected chi connectivity index (χ3v) is 3.46. The Labute approximate surface area is 135 Å².